The quantitative estimate of drug-likeness (QED) is 0.632. The van der Waals surface area contributed by atoms with E-state index in [1.165, 1.54) is 30.5 Å². The molecule has 0 aliphatic rings. The lowest BCUT2D eigenvalue weighted by Gasteiger charge is -2.11. The summed E-state index contributed by atoms with van der Waals surface area (Å²) >= 11 is 3.26. The first-order valence-corrected chi connectivity index (χ1v) is 8.80. The van der Waals surface area contributed by atoms with Crippen LogP contribution < -0.4 is 10.6 Å². The number of nitriles is 1. The fourth-order valence-electron chi connectivity index (χ4n) is 2.38. The minimum atomic E-state index is -0.822. The van der Waals surface area contributed by atoms with E-state index in [4.69, 9.17) is 5.26 Å². The second kappa shape index (κ2) is 8.41. The average molecular weight is 439 g/mol. The number of benzene rings is 2. The average Bonchev–Trinajstić information content (AvgIpc) is 2.69. The molecule has 0 saturated carbocycles. The van der Waals surface area contributed by atoms with Gasteiger partial charge in [-0.1, -0.05) is 12.1 Å². The molecule has 1 aromatic heterocycles. The van der Waals surface area contributed by atoms with Crippen LogP contribution in [0.3, 0.4) is 0 Å². The van der Waals surface area contributed by atoms with Crippen molar-refractivity contribution >= 4 is 39.2 Å². The molecule has 0 atom stereocenters. The van der Waals surface area contributed by atoms with Gasteiger partial charge in [0, 0.05) is 10.7 Å². The Bertz CT molecular complexity index is 1090. The van der Waals surface area contributed by atoms with E-state index >= 15 is 0 Å². The third-order valence-corrected chi connectivity index (χ3v) is 4.20. The Morgan fingerprint density at radius 3 is 2.43 bits per heavy atom. The predicted octanol–water partition coefficient (Wildman–Crippen LogP) is 4.36. The molecule has 0 fully saturated rings. The van der Waals surface area contributed by atoms with Crippen molar-refractivity contribution in [3.05, 3.63) is 87.8 Å². The van der Waals surface area contributed by atoms with Crippen LogP contribution in [0.5, 0.6) is 0 Å². The molecule has 0 aliphatic carbocycles. The molecule has 0 bridgehead atoms. The molecule has 0 unspecified atom stereocenters. The predicted molar refractivity (Wildman–Crippen MR) is 105 cm³/mol. The van der Waals surface area contributed by atoms with Crippen LogP contribution in [-0.4, -0.2) is 16.8 Å². The van der Waals surface area contributed by atoms with E-state index in [2.05, 4.69) is 31.5 Å². The van der Waals surface area contributed by atoms with Gasteiger partial charge in [0.15, 0.2) is 0 Å². The number of rotatable bonds is 4. The number of hydrogen-bond acceptors (Lipinski definition) is 4. The molecule has 0 spiro atoms. The summed E-state index contributed by atoms with van der Waals surface area (Å²) in [6, 6.07) is 15.0. The maximum absolute atomic E-state index is 14.1. The highest BCUT2D eigenvalue weighted by Gasteiger charge is 2.17. The van der Waals surface area contributed by atoms with Crippen molar-refractivity contribution in [3.63, 3.8) is 0 Å². The van der Waals surface area contributed by atoms with Gasteiger partial charge >= 0.3 is 0 Å². The lowest BCUT2D eigenvalue weighted by atomic mass is 10.1. The standard InChI is InChI=1S/C20H12BrFN4O2/c21-13-6-8-18(24-11-13)26-20(28)15-3-1-2-4-17(15)25-19(27)14-7-5-12(10-23)9-16(14)22/h1-9,11H,(H,25,27)(H,24,26,28). The molecule has 0 aliphatic heterocycles. The van der Waals surface area contributed by atoms with E-state index in [9.17, 15) is 14.0 Å². The van der Waals surface area contributed by atoms with Gasteiger partial charge in [0.1, 0.15) is 11.6 Å². The molecule has 2 aromatic carbocycles. The number of nitrogens with zero attached hydrogens (tertiary/aromatic N) is 2. The first-order valence-electron chi connectivity index (χ1n) is 8.01. The number of halogens is 2. The third kappa shape index (κ3) is 4.39. The number of aromatic nitrogens is 1. The van der Waals surface area contributed by atoms with Gasteiger partial charge in [-0.2, -0.15) is 5.26 Å². The van der Waals surface area contributed by atoms with E-state index in [0.29, 0.717) is 5.82 Å². The number of hydrogen-bond donors (Lipinski definition) is 2. The fraction of sp³-hybridized carbons (Fsp3) is 0. The summed E-state index contributed by atoms with van der Waals surface area (Å²) in [4.78, 5) is 29.1. The van der Waals surface area contributed by atoms with Gasteiger partial charge in [0.05, 0.1) is 28.4 Å². The van der Waals surface area contributed by atoms with E-state index in [0.717, 1.165) is 10.5 Å². The summed E-state index contributed by atoms with van der Waals surface area (Å²) in [7, 11) is 0. The van der Waals surface area contributed by atoms with Gasteiger partial charge in [0.25, 0.3) is 11.8 Å². The highest BCUT2D eigenvalue weighted by Crippen LogP contribution is 2.19. The minimum absolute atomic E-state index is 0.107. The van der Waals surface area contributed by atoms with Gasteiger partial charge in [-0.05, 0) is 58.4 Å². The number of carbonyl (C=O) groups is 2. The maximum Gasteiger partial charge on any atom is 0.258 e. The Labute approximate surface area is 168 Å². The van der Waals surface area contributed by atoms with Gasteiger partial charge in [0.2, 0.25) is 0 Å². The van der Waals surface area contributed by atoms with Crippen molar-refractivity contribution in [2.24, 2.45) is 0 Å². The van der Waals surface area contributed by atoms with Crippen molar-refractivity contribution in [3.8, 4) is 6.07 Å². The summed E-state index contributed by atoms with van der Waals surface area (Å²) in [5.74, 6) is -1.69. The number of nitrogens with one attached hydrogen (secondary N) is 2. The summed E-state index contributed by atoms with van der Waals surface area (Å²) in [6.07, 6.45) is 1.54. The van der Waals surface area contributed by atoms with Gasteiger partial charge in [-0.15, -0.1) is 0 Å². The van der Waals surface area contributed by atoms with Crippen LogP contribution in [0.25, 0.3) is 0 Å². The molecule has 3 rings (SSSR count). The van der Waals surface area contributed by atoms with Crippen molar-refractivity contribution in [2.75, 3.05) is 10.6 Å². The molecule has 28 heavy (non-hydrogen) atoms. The van der Waals surface area contributed by atoms with Gasteiger partial charge in [-0.25, -0.2) is 9.37 Å². The summed E-state index contributed by atoms with van der Waals surface area (Å²) < 4.78 is 14.8. The number of amides is 2. The van der Waals surface area contributed by atoms with Crippen LogP contribution in [-0.2, 0) is 0 Å². The monoisotopic (exact) mass is 438 g/mol. The van der Waals surface area contributed by atoms with Gasteiger partial charge < -0.3 is 10.6 Å². The molecule has 0 saturated heterocycles. The molecular weight excluding hydrogens is 427 g/mol. The second-order valence-corrected chi connectivity index (χ2v) is 6.54. The molecule has 3 aromatic rings. The Balaban J connectivity index is 1.82. The van der Waals surface area contributed by atoms with Crippen molar-refractivity contribution in [1.29, 1.82) is 5.26 Å². The zero-order chi connectivity index (χ0) is 20.1. The van der Waals surface area contributed by atoms with Crippen LogP contribution in [0.4, 0.5) is 15.9 Å². The van der Waals surface area contributed by atoms with E-state index in [1.807, 2.05) is 0 Å². The Morgan fingerprint density at radius 2 is 1.75 bits per heavy atom. The summed E-state index contributed by atoms with van der Waals surface area (Å²) in [6.45, 7) is 0. The largest absolute Gasteiger partial charge is 0.321 e. The van der Waals surface area contributed by atoms with E-state index in [1.54, 1.807) is 30.3 Å². The lowest BCUT2D eigenvalue weighted by molar-refractivity contribution is 0.102. The smallest absolute Gasteiger partial charge is 0.258 e. The first-order chi connectivity index (χ1) is 13.5. The highest BCUT2D eigenvalue weighted by molar-refractivity contribution is 9.10. The van der Waals surface area contributed by atoms with E-state index < -0.39 is 17.6 Å². The molecular formula is C20H12BrFN4O2. The maximum atomic E-state index is 14.1. The zero-order valence-electron chi connectivity index (χ0n) is 14.2. The van der Waals surface area contributed by atoms with E-state index in [-0.39, 0.29) is 22.4 Å². The summed E-state index contributed by atoms with van der Waals surface area (Å²) in [5.41, 5.74) is 0.278. The van der Waals surface area contributed by atoms with Crippen LogP contribution in [0.2, 0.25) is 0 Å². The third-order valence-electron chi connectivity index (χ3n) is 3.73. The summed E-state index contributed by atoms with van der Waals surface area (Å²) in [5, 5.41) is 14.0. The SMILES string of the molecule is N#Cc1ccc(C(=O)Nc2ccccc2C(=O)Nc2ccc(Br)cn2)c(F)c1. The lowest BCUT2D eigenvalue weighted by Crippen LogP contribution is -2.19. The molecule has 1 heterocycles. The van der Waals surface area contributed by atoms with Crippen molar-refractivity contribution < 1.29 is 14.0 Å². The van der Waals surface area contributed by atoms with Crippen LogP contribution >= 0.6 is 15.9 Å². The molecule has 8 heteroatoms. The minimum Gasteiger partial charge on any atom is -0.321 e. The first kappa shape index (κ1) is 19.2. The normalized spacial score (nSPS) is 10.0. The number of anilines is 2. The Kier molecular flexibility index (Phi) is 5.77. The van der Waals surface area contributed by atoms with Crippen LogP contribution in [0, 0.1) is 17.1 Å². The Morgan fingerprint density at radius 1 is 1.00 bits per heavy atom. The topological polar surface area (TPSA) is 94.9 Å². The van der Waals surface area contributed by atoms with Crippen LogP contribution in [0.15, 0.2) is 65.3 Å². The Hall–Kier alpha value is -3.57. The molecule has 6 nitrogen and oxygen atoms in total. The molecule has 2 N–H and O–H groups in total. The van der Waals surface area contributed by atoms with Crippen molar-refractivity contribution in [1.82, 2.24) is 4.98 Å². The highest BCUT2D eigenvalue weighted by atomic mass is 79.9. The zero-order valence-corrected chi connectivity index (χ0v) is 15.8. The molecule has 2 amide bonds. The van der Waals surface area contributed by atoms with Crippen LogP contribution in [0.1, 0.15) is 26.3 Å². The number of carbonyl (C=O) groups excluding carboxylic acids is 2. The number of para-hydroxylation sites is 1. The number of pyridine rings is 1. The van der Waals surface area contributed by atoms with Gasteiger partial charge in [-0.3, -0.25) is 9.59 Å². The second-order valence-electron chi connectivity index (χ2n) is 5.62. The molecule has 0 radical (unpaired) electrons. The fourth-order valence-corrected chi connectivity index (χ4v) is 2.62. The van der Waals surface area contributed by atoms with Crippen molar-refractivity contribution in [2.45, 2.75) is 0 Å². The molecule has 138 valence electrons.